The summed E-state index contributed by atoms with van der Waals surface area (Å²) < 4.78 is 0. The number of hydrogen-bond donors (Lipinski definition) is 2. The summed E-state index contributed by atoms with van der Waals surface area (Å²) in [6, 6.07) is 0. The minimum absolute atomic E-state index is 0.605. The van der Waals surface area contributed by atoms with Gasteiger partial charge in [0.15, 0.2) is 0 Å². The van der Waals surface area contributed by atoms with Crippen LogP contribution in [0, 0.1) is 0 Å². The van der Waals surface area contributed by atoms with E-state index < -0.39 is 0 Å². The molecule has 0 unspecified atom stereocenters. The molecule has 60 valence electrons. The van der Waals surface area contributed by atoms with Crippen LogP contribution in [0.2, 0.25) is 0 Å². The van der Waals surface area contributed by atoms with E-state index in [-0.39, 0.29) is 0 Å². The van der Waals surface area contributed by atoms with Gasteiger partial charge in [-0.3, -0.25) is 0 Å². The van der Waals surface area contributed by atoms with E-state index in [0.717, 1.165) is 0 Å². The predicted octanol–water partition coefficient (Wildman–Crippen LogP) is 1.09. The minimum Gasteiger partial charge on any atom is -0.302 e. The molecule has 0 aromatic carbocycles. The molecule has 0 radical (unpaired) electrons. The number of unbranched alkanes of at least 4 members (excludes halogenated alkanes) is 1. The average Bonchev–Trinajstić information content (AvgIpc) is 2.03. The summed E-state index contributed by atoms with van der Waals surface area (Å²) >= 11 is 0. The Morgan fingerprint density at radius 1 is 1.30 bits per heavy atom. The van der Waals surface area contributed by atoms with Gasteiger partial charge in [0.2, 0.25) is 0 Å². The molecule has 0 aliphatic carbocycles. The van der Waals surface area contributed by atoms with E-state index in [1.807, 2.05) is 0 Å². The van der Waals surface area contributed by atoms with Crippen LogP contribution in [0.1, 0.15) is 32.6 Å². The van der Waals surface area contributed by atoms with E-state index >= 15 is 0 Å². The van der Waals surface area contributed by atoms with E-state index in [9.17, 15) is 0 Å². The van der Waals surface area contributed by atoms with Crippen molar-refractivity contribution in [3.05, 3.63) is 0 Å². The van der Waals surface area contributed by atoms with Crippen LogP contribution in [0.4, 0.5) is 0 Å². The lowest BCUT2D eigenvalue weighted by Crippen LogP contribution is -2.48. The molecule has 0 saturated carbocycles. The van der Waals surface area contributed by atoms with Gasteiger partial charge in [-0.2, -0.15) is 0 Å². The second kappa shape index (κ2) is 4.69. The van der Waals surface area contributed by atoms with E-state index in [1.165, 1.54) is 38.8 Å². The highest BCUT2D eigenvalue weighted by molar-refractivity contribution is 4.69. The third-order valence-electron chi connectivity index (χ3n) is 1.98. The van der Waals surface area contributed by atoms with Crippen molar-refractivity contribution in [1.29, 1.82) is 0 Å². The highest BCUT2D eigenvalue weighted by Gasteiger charge is 2.09. The molecule has 1 aliphatic rings. The highest BCUT2D eigenvalue weighted by atomic mass is 15.1. The van der Waals surface area contributed by atoms with E-state index in [0.29, 0.717) is 6.17 Å². The van der Waals surface area contributed by atoms with Crippen molar-refractivity contribution in [3.63, 3.8) is 0 Å². The summed E-state index contributed by atoms with van der Waals surface area (Å²) in [4.78, 5) is 0. The smallest absolute Gasteiger partial charge is 0.0571 e. The van der Waals surface area contributed by atoms with E-state index in [2.05, 4.69) is 17.6 Å². The predicted molar refractivity (Wildman–Crippen MR) is 43.9 cm³/mol. The summed E-state index contributed by atoms with van der Waals surface area (Å²) in [5, 5.41) is 6.89. The second-order valence-electron chi connectivity index (χ2n) is 2.96. The first kappa shape index (κ1) is 8.02. The van der Waals surface area contributed by atoms with Crippen LogP contribution < -0.4 is 10.6 Å². The van der Waals surface area contributed by atoms with Crippen molar-refractivity contribution in [1.82, 2.24) is 10.6 Å². The molecule has 10 heavy (non-hydrogen) atoms. The molecule has 0 bridgehead atoms. The molecule has 2 nitrogen and oxygen atoms in total. The fraction of sp³-hybridized carbons (Fsp3) is 1.00. The van der Waals surface area contributed by atoms with Crippen LogP contribution >= 0.6 is 0 Å². The van der Waals surface area contributed by atoms with Gasteiger partial charge in [-0.15, -0.1) is 0 Å². The summed E-state index contributed by atoms with van der Waals surface area (Å²) in [7, 11) is 0. The standard InChI is InChI=1S/C8H18N2/c1-2-3-5-8-9-6-4-7-10-8/h8-10H,2-7H2,1H3. The Morgan fingerprint density at radius 3 is 2.60 bits per heavy atom. The number of nitrogens with one attached hydrogen (secondary N) is 2. The summed E-state index contributed by atoms with van der Waals surface area (Å²) in [5.74, 6) is 0. The molecule has 1 saturated heterocycles. The summed E-state index contributed by atoms with van der Waals surface area (Å²) in [5.41, 5.74) is 0. The van der Waals surface area contributed by atoms with Crippen LogP contribution in [-0.4, -0.2) is 19.3 Å². The van der Waals surface area contributed by atoms with Crippen LogP contribution in [0.15, 0.2) is 0 Å². The Labute approximate surface area is 63.4 Å². The topological polar surface area (TPSA) is 24.1 Å². The van der Waals surface area contributed by atoms with Gasteiger partial charge in [-0.25, -0.2) is 0 Å². The molecule has 1 fully saturated rings. The first-order chi connectivity index (χ1) is 4.93. The maximum Gasteiger partial charge on any atom is 0.0571 e. The zero-order valence-electron chi connectivity index (χ0n) is 6.82. The van der Waals surface area contributed by atoms with Crippen molar-refractivity contribution in [2.45, 2.75) is 38.8 Å². The first-order valence-electron chi connectivity index (χ1n) is 4.40. The number of rotatable bonds is 3. The molecule has 0 atom stereocenters. The maximum absolute atomic E-state index is 3.44. The van der Waals surface area contributed by atoms with Crippen molar-refractivity contribution < 1.29 is 0 Å². The van der Waals surface area contributed by atoms with Crippen LogP contribution in [-0.2, 0) is 0 Å². The lowest BCUT2D eigenvalue weighted by Gasteiger charge is -2.24. The van der Waals surface area contributed by atoms with Gasteiger partial charge in [-0.05, 0) is 25.9 Å². The Hall–Kier alpha value is -0.0800. The fourth-order valence-electron chi connectivity index (χ4n) is 1.33. The third-order valence-corrected chi connectivity index (χ3v) is 1.98. The lowest BCUT2D eigenvalue weighted by atomic mass is 10.2. The largest absolute Gasteiger partial charge is 0.302 e. The minimum atomic E-state index is 0.605. The Morgan fingerprint density at radius 2 is 2.00 bits per heavy atom. The fourth-order valence-corrected chi connectivity index (χ4v) is 1.33. The molecule has 0 aromatic rings. The van der Waals surface area contributed by atoms with Crippen molar-refractivity contribution in [3.8, 4) is 0 Å². The van der Waals surface area contributed by atoms with Gasteiger partial charge in [0.05, 0.1) is 6.17 Å². The maximum atomic E-state index is 3.44. The van der Waals surface area contributed by atoms with Crippen molar-refractivity contribution >= 4 is 0 Å². The SMILES string of the molecule is CCCCC1NCCCN1. The molecular formula is C8H18N2. The van der Waals surface area contributed by atoms with Gasteiger partial charge >= 0.3 is 0 Å². The monoisotopic (exact) mass is 142 g/mol. The molecule has 0 spiro atoms. The third kappa shape index (κ3) is 2.67. The zero-order valence-corrected chi connectivity index (χ0v) is 6.82. The molecule has 0 amide bonds. The van der Waals surface area contributed by atoms with Gasteiger partial charge in [0.1, 0.15) is 0 Å². The van der Waals surface area contributed by atoms with Crippen molar-refractivity contribution in [2.75, 3.05) is 13.1 Å². The summed E-state index contributed by atoms with van der Waals surface area (Å²) in [6.07, 6.45) is 5.82. The van der Waals surface area contributed by atoms with Gasteiger partial charge in [-0.1, -0.05) is 19.8 Å². The Bertz CT molecular complexity index is 77.3. The van der Waals surface area contributed by atoms with Crippen LogP contribution in [0.5, 0.6) is 0 Å². The molecule has 0 aromatic heterocycles. The van der Waals surface area contributed by atoms with E-state index in [4.69, 9.17) is 0 Å². The lowest BCUT2D eigenvalue weighted by molar-refractivity contribution is 0.345. The summed E-state index contributed by atoms with van der Waals surface area (Å²) in [6.45, 7) is 4.63. The first-order valence-corrected chi connectivity index (χ1v) is 4.40. The van der Waals surface area contributed by atoms with Gasteiger partial charge < -0.3 is 10.6 Å². The second-order valence-corrected chi connectivity index (χ2v) is 2.96. The van der Waals surface area contributed by atoms with Gasteiger partial charge in [0, 0.05) is 0 Å². The van der Waals surface area contributed by atoms with Crippen LogP contribution in [0.3, 0.4) is 0 Å². The molecule has 1 rings (SSSR count). The number of hydrogen-bond acceptors (Lipinski definition) is 2. The molecule has 2 N–H and O–H groups in total. The van der Waals surface area contributed by atoms with Crippen LogP contribution in [0.25, 0.3) is 0 Å². The Kier molecular flexibility index (Phi) is 3.76. The molecule has 1 heterocycles. The van der Waals surface area contributed by atoms with E-state index in [1.54, 1.807) is 0 Å². The van der Waals surface area contributed by atoms with Gasteiger partial charge in [0.25, 0.3) is 0 Å². The molecular weight excluding hydrogens is 124 g/mol. The molecule has 1 aliphatic heterocycles. The highest BCUT2D eigenvalue weighted by Crippen LogP contribution is 2.00. The zero-order chi connectivity index (χ0) is 7.23. The van der Waals surface area contributed by atoms with Crippen molar-refractivity contribution in [2.24, 2.45) is 0 Å². The molecule has 2 heteroatoms. The average molecular weight is 142 g/mol. The quantitative estimate of drug-likeness (QED) is 0.616. The normalized spacial score (nSPS) is 21.3. The Balaban J connectivity index is 2.02.